The van der Waals surface area contributed by atoms with E-state index in [4.69, 9.17) is 4.74 Å². The third-order valence-corrected chi connectivity index (χ3v) is 6.40. The largest absolute Gasteiger partial charge is 0.481 e. The van der Waals surface area contributed by atoms with Gasteiger partial charge in [0.1, 0.15) is 0 Å². The summed E-state index contributed by atoms with van der Waals surface area (Å²) in [5.74, 6) is 0.709. The third-order valence-electron chi connectivity index (χ3n) is 5.15. The van der Waals surface area contributed by atoms with Crippen LogP contribution in [-0.2, 0) is 9.53 Å². The Kier molecular flexibility index (Phi) is 2.86. The minimum Gasteiger partial charge on any atom is -0.481 e. The van der Waals surface area contributed by atoms with Crippen molar-refractivity contribution in [3.05, 3.63) is 29.8 Å². The Bertz CT molecular complexity index is 558. The lowest BCUT2D eigenvalue weighted by Crippen LogP contribution is -2.41. The summed E-state index contributed by atoms with van der Waals surface area (Å²) in [6, 6.07) is 8.42. The molecule has 2 bridgehead atoms. The fourth-order valence-electron chi connectivity index (χ4n) is 4.17. The Morgan fingerprint density at radius 2 is 2.25 bits per heavy atom. The van der Waals surface area contributed by atoms with Gasteiger partial charge in [-0.1, -0.05) is 18.2 Å². The first-order valence-corrected chi connectivity index (χ1v) is 8.28. The maximum Gasteiger partial charge on any atom is 0.312 e. The number of aliphatic carboxylic acids is 1. The van der Waals surface area contributed by atoms with Crippen LogP contribution in [0.15, 0.2) is 29.2 Å². The Balaban J connectivity index is 1.63. The lowest BCUT2D eigenvalue weighted by molar-refractivity contribution is -0.153. The van der Waals surface area contributed by atoms with Gasteiger partial charge >= 0.3 is 5.97 Å². The van der Waals surface area contributed by atoms with Gasteiger partial charge in [-0.25, -0.2) is 0 Å². The van der Waals surface area contributed by atoms with Crippen LogP contribution in [0.25, 0.3) is 0 Å². The molecule has 0 spiro atoms. The average molecular weight is 290 g/mol. The Labute approximate surface area is 122 Å². The number of ether oxygens (including phenoxy) is 1. The lowest BCUT2D eigenvalue weighted by Gasteiger charge is -2.33. The standard InChI is InChI=1S/C16H18O3S/c17-15(18)16(8-11-5-6-14(16)19-11)7-10-9-20-13-4-2-1-3-12(10)13/h1-4,10-11,14H,5-9H2,(H,17,18). The zero-order valence-corrected chi connectivity index (χ0v) is 12.1. The van der Waals surface area contributed by atoms with Crippen LogP contribution in [-0.4, -0.2) is 29.0 Å². The van der Waals surface area contributed by atoms with Crippen LogP contribution in [0.1, 0.15) is 37.2 Å². The van der Waals surface area contributed by atoms with E-state index in [1.165, 1.54) is 10.5 Å². The number of benzene rings is 1. The summed E-state index contributed by atoms with van der Waals surface area (Å²) < 4.78 is 5.86. The average Bonchev–Trinajstić information content (AvgIpc) is 3.14. The van der Waals surface area contributed by atoms with Crippen LogP contribution in [0.2, 0.25) is 0 Å². The van der Waals surface area contributed by atoms with Gasteiger partial charge < -0.3 is 9.84 Å². The van der Waals surface area contributed by atoms with Gasteiger partial charge in [0.15, 0.2) is 0 Å². The summed E-state index contributed by atoms with van der Waals surface area (Å²) in [7, 11) is 0. The first kappa shape index (κ1) is 12.7. The van der Waals surface area contributed by atoms with Crippen molar-refractivity contribution in [2.24, 2.45) is 5.41 Å². The van der Waals surface area contributed by atoms with Crippen LogP contribution < -0.4 is 0 Å². The van der Waals surface area contributed by atoms with E-state index in [2.05, 4.69) is 24.3 Å². The number of carbonyl (C=O) groups is 1. The van der Waals surface area contributed by atoms with Gasteiger partial charge in [-0.05, 0) is 43.2 Å². The van der Waals surface area contributed by atoms with E-state index in [0.717, 1.165) is 25.0 Å². The Hall–Kier alpha value is -1.00. The molecule has 1 aromatic rings. The summed E-state index contributed by atoms with van der Waals surface area (Å²) in [5, 5.41) is 9.81. The maximum atomic E-state index is 11.9. The molecule has 3 heterocycles. The highest BCUT2D eigenvalue weighted by atomic mass is 32.2. The fraction of sp³-hybridized carbons (Fsp3) is 0.562. The topological polar surface area (TPSA) is 46.5 Å². The smallest absolute Gasteiger partial charge is 0.312 e. The van der Waals surface area contributed by atoms with E-state index in [9.17, 15) is 9.90 Å². The molecule has 4 rings (SSSR count). The molecule has 4 heteroatoms. The molecule has 0 saturated carbocycles. The van der Waals surface area contributed by atoms with Crippen LogP contribution in [0, 0.1) is 5.41 Å². The highest BCUT2D eigenvalue weighted by molar-refractivity contribution is 7.99. The first-order chi connectivity index (χ1) is 9.69. The molecule has 0 radical (unpaired) electrons. The first-order valence-electron chi connectivity index (χ1n) is 7.29. The predicted molar refractivity (Wildman–Crippen MR) is 77.1 cm³/mol. The molecule has 2 saturated heterocycles. The molecule has 3 aliphatic heterocycles. The van der Waals surface area contributed by atoms with Crippen molar-refractivity contribution in [2.45, 2.75) is 48.7 Å². The van der Waals surface area contributed by atoms with Crippen LogP contribution in [0.4, 0.5) is 0 Å². The minimum atomic E-state index is -0.654. The summed E-state index contributed by atoms with van der Waals surface area (Å²) in [4.78, 5) is 13.2. The van der Waals surface area contributed by atoms with Crippen molar-refractivity contribution in [2.75, 3.05) is 5.75 Å². The monoisotopic (exact) mass is 290 g/mol. The zero-order valence-electron chi connectivity index (χ0n) is 11.2. The van der Waals surface area contributed by atoms with Gasteiger partial charge in [0, 0.05) is 10.6 Å². The molecule has 0 amide bonds. The molecular formula is C16H18O3S. The second-order valence-electron chi connectivity index (χ2n) is 6.24. The SMILES string of the molecule is O=C(O)C1(CC2CSc3ccccc32)CC2CCC1O2. The van der Waals surface area contributed by atoms with Crippen molar-refractivity contribution in [1.29, 1.82) is 0 Å². The molecule has 1 N–H and O–H groups in total. The minimum absolute atomic E-state index is 0.0669. The van der Waals surface area contributed by atoms with Crippen molar-refractivity contribution in [3.8, 4) is 0 Å². The van der Waals surface area contributed by atoms with E-state index in [1.54, 1.807) is 0 Å². The lowest BCUT2D eigenvalue weighted by atomic mass is 9.68. The Morgan fingerprint density at radius 1 is 1.40 bits per heavy atom. The molecule has 0 aliphatic carbocycles. The van der Waals surface area contributed by atoms with Gasteiger partial charge in [0.2, 0.25) is 0 Å². The second-order valence-corrected chi connectivity index (χ2v) is 7.30. The van der Waals surface area contributed by atoms with Gasteiger partial charge in [0.05, 0.1) is 17.6 Å². The molecule has 20 heavy (non-hydrogen) atoms. The molecule has 4 atom stereocenters. The highest BCUT2D eigenvalue weighted by Gasteiger charge is 2.58. The van der Waals surface area contributed by atoms with Gasteiger partial charge in [-0.2, -0.15) is 0 Å². The molecule has 2 fully saturated rings. The Morgan fingerprint density at radius 3 is 2.95 bits per heavy atom. The molecule has 3 nitrogen and oxygen atoms in total. The summed E-state index contributed by atoms with van der Waals surface area (Å²) in [6.07, 6.45) is 3.50. The number of hydrogen-bond acceptors (Lipinski definition) is 3. The van der Waals surface area contributed by atoms with Crippen molar-refractivity contribution >= 4 is 17.7 Å². The molecule has 1 aromatic carbocycles. The number of hydrogen-bond donors (Lipinski definition) is 1. The van der Waals surface area contributed by atoms with E-state index < -0.39 is 11.4 Å². The van der Waals surface area contributed by atoms with Crippen molar-refractivity contribution in [1.82, 2.24) is 0 Å². The molecule has 0 aromatic heterocycles. The van der Waals surface area contributed by atoms with Gasteiger partial charge in [0.25, 0.3) is 0 Å². The number of carboxylic acids is 1. The predicted octanol–water partition coefficient (Wildman–Crippen LogP) is 3.29. The summed E-state index contributed by atoms with van der Waals surface area (Å²) in [5.41, 5.74) is 0.687. The van der Waals surface area contributed by atoms with E-state index in [0.29, 0.717) is 12.3 Å². The number of rotatable bonds is 3. The fourth-order valence-corrected chi connectivity index (χ4v) is 5.42. The van der Waals surface area contributed by atoms with Crippen molar-refractivity contribution < 1.29 is 14.6 Å². The van der Waals surface area contributed by atoms with Crippen LogP contribution in [0.3, 0.4) is 0 Å². The van der Waals surface area contributed by atoms with Crippen LogP contribution in [0.5, 0.6) is 0 Å². The highest BCUT2D eigenvalue weighted by Crippen LogP contribution is 2.54. The van der Waals surface area contributed by atoms with Crippen LogP contribution >= 0.6 is 11.8 Å². The van der Waals surface area contributed by atoms with E-state index in [-0.39, 0.29) is 12.2 Å². The molecule has 106 valence electrons. The van der Waals surface area contributed by atoms with E-state index >= 15 is 0 Å². The third kappa shape index (κ3) is 1.74. The van der Waals surface area contributed by atoms with Crippen molar-refractivity contribution in [3.63, 3.8) is 0 Å². The van der Waals surface area contributed by atoms with E-state index in [1.807, 2.05) is 11.8 Å². The molecule has 3 aliphatic rings. The summed E-state index contributed by atoms with van der Waals surface area (Å²) >= 11 is 1.86. The summed E-state index contributed by atoms with van der Waals surface area (Å²) in [6.45, 7) is 0. The number of carboxylic acid groups (broad SMARTS) is 1. The second kappa shape index (κ2) is 4.50. The molecule has 4 unspecified atom stereocenters. The zero-order chi connectivity index (χ0) is 13.7. The number of fused-ring (bicyclic) bond motifs is 3. The van der Waals surface area contributed by atoms with Gasteiger partial charge in [-0.15, -0.1) is 11.8 Å². The normalized spacial score (nSPS) is 38.1. The maximum absolute atomic E-state index is 11.9. The molecular weight excluding hydrogens is 272 g/mol. The number of thioether (sulfide) groups is 1. The van der Waals surface area contributed by atoms with Gasteiger partial charge in [-0.3, -0.25) is 4.79 Å². The quantitative estimate of drug-likeness (QED) is 0.928.